The molecule has 27 heavy (non-hydrogen) atoms. The van der Waals surface area contributed by atoms with Crippen molar-refractivity contribution in [3.8, 4) is 6.07 Å². The molecule has 9 heteroatoms. The van der Waals surface area contributed by atoms with Crippen LogP contribution in [-0.2, 0) is 0 Å². The number of hydrogen-bond acceptors (Lipinski definition) is 5. The summed E-state index contributed by atoms with van der Waals surface area (Å²) < 4.78 is 40.8. The number of carbonyl (C=O) groups is 1. The Morgan fingerprint density at radius 2 is 1.81 bits per heavy atom. The van der Waals surface area contributed by atoms with Gasteiger partial charge in [-0.05, 0) is 68.5 Å². The van der Waals surface area contributed by atoms with Crippen LogP contribution in [0.3, 0.4) is 0 Å². The lowest BCUT2D eigenvalue weighted by Gasteiger charge is -2.50. The van der Waals surface area contributed by atoms with Gasteiger partial charge in [-0.25, -0.2) is 0 Å². The topological polar surface area (TPSA) is 64.9 Å². The van der Waals surface area contributed by atoms with Crippen LogP contribution in [0.1, 0.15) is 48.9 Å². The fraction of sp³-hybridized carbons (Fsp3) is 0.556. The van der Waals surface area contributed by atoms with Crippen LogP contribution in [0.5, 0.6) is 0 Å². The molecular formula is C18H20F3N3OS2. The van der Waals surface area contributed by atoms with Gasteiger partial charge in [0.2, 0.25) is 0 Å². The quantitative estimate of drug-likeness (QED) is 0.502. The lowest BCUT2D eigenvalue weighted by atomic mass is 9.58. The Morgan fingerprint density at radius 3 is 2.33 bits per heavy atom. The predicted octanol–water partition coefficient (Wildman–Crippen LogP) is 5.33. The van der Waals surface area contributed by atoms with Crippen LogP contribution < -0.4 is 10.0 Å². The maximum absolute atomic E-state index is 12.9. The summed E-state index contributed by atoms with van der Waals surface area (Å²) in [6, 6.07) is 6.54. The summed E-state index contributed by atoms with van der Waals surface area (Å²) in [4.78, 5) is 12.9. The van der Waals surface area contributed by atoms with Gasteiger partial charge in [0, 0.05) is 16.7 Å². The molecule has 4 rings (SSSR count). The van der Waals surface area contributed by atoms with Crippen LogP contribution in [0.25, 0.3) is 0 Å². The molecule has 0 aromatic heterocycles. The highest BCUT2D eigenvalue weighted by Gasteiger charge is 2.49. The molecule has 0 saturated heterocycles. The number of amides is 1. The van der Waals surface area contributed by atoms with Gasteiger partial charge >= 0.3 is 5.51 Å². The van der Waals surface area contributed by atoms with Crippen LogP contribution in [0, 0.1) is 16.7 Å². The molecule has 2 bridgehead atoms. The number of fused-ring (bicyclic) bond motifs is 3. The summed E-state index contributed by atoms with van der Waals surface area (Å²) in [6.45, 7) is 0. The third-order valence-electron chi connectivity index (χ3n) is 5.54. The Balaban J connectivity index is 1.77. The molecule has 1 amide bonds. The minimum absolute atomic E-state index is 0.0305. The van der Waals surface area contributed by atoms with E-state index in [0.29, 0.717) is 11.3 Å². The number of thioether (sulfide) groups is 1. The van der Waals surface area contributed by atoms with E-state index in [1.54, 1.807) is 6.26 Å². The highest BCUT2D eigenvalue weighted by molar-refractivity contribution is 8.00. The van der Waals surface area contributed by atoms with Gasteiger partial charge in [0.25, 0.3) is 5.91 Å². The van der Waals surface area contributed by atoms with E-state index in [0.717, 1.165) is 38.5 Å². The van der Waals surface area contributed by atoms with Crippen LogP contribution >= 0.6 is 23.7 Å². The van der Waals surface area contributed by atoms with Gasteiger partial charge in [0.05, 0.1) is 22.7 Å². The molecule has 146 valence electrons. The first-order chi connectivity index (χ1) is 12.7. The van der Waals surface area contributed by atoms with Crippen molar-refractivity contribution in [3.05, 3.63) is 23.8 Å². The van der Waals surface area contributed by atoms with E-state index < -0.39 is 5.51 Å². The summed E-state index contributed by atoms with van der Waals surface area (Å²) in [5.74, 6) is -0.290. The first-order valence-electron chi connectivity index (χ1n) is 8.62. The van der Waals surface area contributed by atoms with E-state index in [2.05, 4.69) is 16.1 Å². The van der Waals surface area contributed by atoms with Gasteiger partial charge in [-0.3, -0.25) is 4.79 Å². The highest BCUT2D eigenvalue weighted by atomic mass is 32.2. The van der Waals surface area contributed by atoms with Crippen molar-refractivity contribution in [2.24, 2.45) is 5.41 Å². The molecule has 3 aliphatic carbocycles. The highest BCUT2D eigenvalue weighted by Crippen LogP contribution is 2.52. The molecule has 3 aliphatic rings. The van der Waals surface area contributed by atoms with Gasteiger partial charge < -0.3 is 10.0 Å². The molecule has 3 fully saturated rings. The maximum atomic E-state index is 12.9. The number of benzene rings is 1. The average Bonchev–Trinajstić information content (AvgIpc) is 2.62. The van der Waals surface area contributed by atoms with Crippen LogP contribution in [0.2, 0.25) is 0 Å². The van der Waals surface area contributed by atoms with Gasteiger partial charge in [0.15, 0.2) is 0 Å². The van der Waals surface area contributed by atoms with E-state index in [4.69, 9.17) is 0 Å². The van der Waals surface area contributed by atoms with Crippen LogP contribution in [-0.4, -0.2) is 23.2 Å². The summed E-state index contributed by atoms with van der Waals surface area (Å²) in [5.41, 5.74) is -4.24. The number of alkyl halides is 3. The summed E-state index contributed by atoms with van der Waals surface area (Å²) in [5, 5.41) is 12.5. The first kappa shape index (κ1) is 20.2. The van der Waals surface area contributed by atoms with Gasteiger partial charge in [0.1, 0.15) is 0 Å². The zero-order valence-electron chi connectivity index (χ0n) is 14.8. The Hall–Kier alpha value is -1.53. The molecule has 0 unspecified atom stereocenters. The van der Waals surface area contributed by atoms with E-state index in [9.17, 15) is 23.2 Å². The Bertz CT molecular complexity index is 752. The second-order valence-electron chi connectivity index (χ2n) is 7.19. The van der Waals surface area contributed by atoms with E-state index >= 15 is 0 Å². The maximum Gasteiger partial charge on any atom is 0.446 e. The number of nitrogens with one attached hydrogen (secondary N) is 2. The van der Waals surface area contributed by atoms with Crippen molar-refractivity contribution in [2.75, 3.05) is 11.0 Å². The lowest BCUT2D eigenvalue weighted by molar-refractivity contribution is -0.0328. The summed E-state index contributed by atoms with van der Waals surface area (Å²) in [6.07, 6.45) is 6.37. The lowest BCUT2D eigenvalue weighted by Crippen LogP contribution is -2.56. The molecule has 2 N–H and O–H groups in total. The number of anilines is 1. The number of nitrogens with zero attached hydrogens (tertiary/aromatic N) is 1. The molecule has 1 aromatic carbocycles. The van der Waals surface area contributed by atoms with Crippen molar-refractivity contribution in [3.63, 3.8) is 0 Å². The van der Waals surface area contributed by atoms with Crippen molar-refractivity contribution in [1.29, 1.82) is 5.26 Å². The molecule has 3 saturated carbocycles. The van der Waals surface area contributed by atoms with Crippen molar-refractivity contribution >= 4 is 35.3 Å². The average molecular weight is 416 g/mol. The van der Waals surface area contributed by atoms with E-state index in [1.807, 2.05) is 0 Å². The van der Waals surface area contributed by atoms with Gasteiger partial charge in [-0.2, -0.15) is 18.4 Å². The molecule has 0 spiro atoms. The predicted molar refractivity (Wildman–Crippen MR) is 101 cm³/mol. The monoisotopic (exact) mass is 415 g/mol. The minimum atomic E-state index is -4.38. The normalized spacial score (nSPS) is 27.1. The Labute approximate surface area is 164 Å². The number of carbonyl (C=O) groups excluding carboxylic acids is 1. The second-order valence-corrected chi connectivity index (χ2v) is 8.94. The number of halogens is 3. The first-order valence-corrected chi connectivity index (χ1v) is 10.7. The second kappa shape index (κ2) is 7.47. The molecule has 0 atom stereocenters. The van der Waals surface area contributed by atoms with Crippen LogP contribution in [0.4, 0.5) is 18.9 Å². The number of hydrogen-bond donors (Lipinski definition) is 2. The zero-order chi connectivity index (χ0) is 19.7. The number of rotatable bonds is 5. The standard InChI is InChI=1S/C18H20F3N3OS2/c1-26-24-14-10-12(27-18(19,20)21)2-3-13(14)15(25)23-17-7-4-16(11-22,5-8-17)6-9-17/h2-3,10,24H,4-9H2,1H3,(H,23,25). The molecule has 0 heterocycles. The fourth-order valence-corrected chi connectivity index (χ4v) is 4.93. The van der Waals surface area contributed by atoms with Crippen molar-refractivity contribution in [2.45, 2.75) is 54.5 Å². The summed E-state index contributed by atoms with van der Waals surface area (Å²) >= 11 is 1.02. The van der Waals surface area contributed by atoms with Crippen LogP contribution in [0.15, 0.2) is 23.1 Å². The van der Waals surface area contributed by atoms with E-state index in [1.165, 1.54) is 30.1 Å². The fourth-order valence-electron chi connectivity index (χ4n) is 3.96. The largest absolute Gasteiger partial charge is 0.446 e. The molecule has 1 aromatic rings. The summed E-state index contributed by atoms with van der Waals surface area (Å²) in [7, 11) is 0. The number of nitriles is 1. The van der Waals surface area contributed by atoms with E-state index in [-0.39, 0.29) is 33.5 Å². The smallest absolute Gasteiger partial charge is 0.347 e. The minimum Gasteiger partial charge on any atom is -0.347 e. The third-order valence-corrected chi connectivity index (χ3v) is 6.69. The zero-order valence-corrected chi connectivity index (χ0v) is 16.4. The molecule has 4 nitrogen and oxygen atoms in total. The SMILES string of the molecule is CSNc1cc(SC(F)(F)F)ccc1C(=O)NC12CCC(C#N)(CC1)CC2. The molecular weight excluding hydrogens is 395 g/mol. The Kier molecular flexibility index (Phi) is 5.59. The van der Waals surface area contributed by atoms with Gasteiger partial charge in [-0.15, -0.1) is 0 Å². The van der Waals surface area contributed by atoms with Crippen molar-refractivity contribution in [1.82, 2.24) is 5.32 Å². The Morgan fingerprint density at radius 1 is 1.19 bits per heavy atom. The van der Waals surface area contributed by atoms with Crippen molar-refractivity contribution < 1.29 is 18.0 Å². The van der Waals surface area contributed by atoms with Gasteiger partial charge in [-0.1, -0.05) is 11.9 Å². The molecule has 0 aliphatic heterocycles. The molecule has 0 radical (unpaired) electrons. The third kappa shape index (κ3) is 4.49.